The Morgan fingerprint density at radius 1 is 1.57 bits per heavy atom. The number of rotatable bonds is 5. The van der Waals surface area contributed by atoms with Gasteiger partial charge in [-0.1, -0.05) is 6.58 Å². The smallest absolute Gasteiger partial charge is 0.368 e. The second kappa shape index (κ2) is 5.12. The summed E-state index contributed by atoms with van der Waals surface area (Å²) in [5.41, 5.74) is -0.419. The van der Waals surface area contributed by atoms with Crippen LogP contribution in [0.4, 0.5) is 0 Å². The molecule has 0 rings (SSSR count). The maximum Gasteiger partial charge on any atom is 0.368 e. The molecule has 1 N–H and O–H groups in total. The van der Waals surface area contributed by atoms with Crippen LogP contribution in [0, 0.1) is 0 Å². The van der Waals surface area contributed by atoms with Gasteiger partial charge in [0.15, 0.2) is 0 Å². The summed E-state index contributed by atoms with van der Waals surface area (Å²) in [5.74, 6) is -0.594. The second-order valence-corrected chi connectivity index (χ2v) is 4.05. The minimum Gasteiger partial charge on any atom is -0.393 e. The summed E-state index contributed by atoms with van der Waals surface area (Å²) in [7, 11) is 0. The molecular formula is C10H18O4. The van der Waals surface area contributed by atoms with E-state index in [0.29, 0.717) is 6.42 Å². The van der Waals surface area contributed by atoms with E-state index in [1.54, 1.807) is 20.8 Å². The highest BCUT2D eigenvalue weighted by atomic mass is 17.2. The molecule has 0 saturated carbocycles. The fourth-order valence-corrected chi connectivity index (χ4v) is 0.967. The summed E-state index contributed by atoms with van der Waals surface area (Å²) in [5, 5.41) is 9.12. The van der Waals surface area contributed by atoms with E-state index in [4.69, 9.17) is 9.99 Å². The van der Waals surface area contributed by atoms with E-state index in [2.05, 4.69) is 11.5 Å². The van der Waals surface area contributed by atoms with E-state index in [0.717, 1.165) is 0 Å². The van der Waals surface area contributed by atoms with Crippen molar-refractivity contribution in [3.63, 3.8) is 0 Å². The summed E-state index contributed by atoms with van der Waals surface area (Å²) in [6, 6.07) is 0. The first kappa shape index (κ1) is 13.1. The van der Waals surface area contributed by atoms with Gasteiger partial charge in [-0.3, -0.25) is 4.89 Å². The molecule has 0 aromatic carbocycles. The maximum atomic E-state index is 11.0. The summed E-state index contributed by atoms with van der Waals surface area (Å²) >= 11 is 0. The SMILES string of the molecule is C=C(C)C(=O)OOC(C)(C)CC(C)O. The molecule has 0 aliphatic carbocycles. The average Bonchev–Trinajstić information content (AvgIpc) is 1.97. The molecule has 0 saturated heterocycles. The average molecular weight is 202 g/mol. The van der Waals surface area contributed by atoms with Crippen molar-refractivity contribution in [3.8, 4) is 0 Å². The molecule has 4 heteroatoms. The third kappa shape index (κ3) is 5.72. The molecule has 82 valence electrons. The Morgan fingerprint density at radius 2 is 2.07 bits per heavy atom. The van der Waals surface area contributed by atoms with Gasteiger partial charge in [-0.2, -0.15) is 4.89 Å². The minimum atomic E-state index is -0.695. The fraction of sp³-hybridized carbons (Fsp3) is 0.700. The molecule has 0 heterocycles. The molecular weight excluding hydrogens is 184 g/mol. The predicted octanol–water partition coefficient (Wildman–Crippen LogP) is 1.59. The van der Waals surface area contributed by atoms with E-state index in [1.165, 1.54) is 6.92 Å². The minimum absolute atomic E-state index is 0.276. The van der Waals surface area contributed by atoms with Crippen LogP contribution in [0.25, 0.3) is 0 Å². The Bertz CT molecular complexity index is 218. The van der Waals surface area contributed by atoms with E-state index in [9.17, 15) is 4.79 Å². The summed E-state index contributed by atoms with van der Waals surface area (Å²) in [6.45, 7) is 10.0. The van der Waals surface area contributed by atoms with E-state index in [-0.39, 0.29) is 5.57 Å². The second-order valence-electron chi connectivity index (χ2n) is 4.05. The number of hydrogen-bond acceptors (Lipinski definition) is 4. The van der Waals surface area contributed by atoms with Crippen molar-refractivity contribution in [1.82, 2.24) is 0 Å². The zero-order valence-corrected chi connectivity index (χ0v) is 9.16. The third-order valence-corrected chi connectivity index (χ3v) is 1.48. The molecule has 1 unspecified atom stereocenters. The van der Waals surface area contributed by atoms with Gasteiger partial charge in [0.25, 0.3) is 0 Å². The van der Waals surface area contributed by atoms with Crippen LogP contribution in [-0.4, -0.2) is 22.8 Å². The zero-order valence-electron chi connectivity index (χ0n) is 9.16. The van der Waals surface area contributed by atoms with Crippen molar-refractivity contribution in [2.45, 2.75) is 45.8 Å². The van der Waals surface area contributed by atoms with Gasteiger partial charge >= 0.3 is 5.97 Å². The van der Waals surface area contributed by atoms with Crippen molar-refractivity contribution >= 4 is 5.97 Å². The number of aliphatic hydroxyl groups excluding tert-OH is 1. The molecule has 0 aromatic heterocycles. The van der Waals surface area contributed by atoms with Crippen molar-refractivity contribution in [1.29, 1.82) is 0 Å². The van der Waals surface area contributed by atoms with Crippen LogP contribution in [0.15, 0.2) is 12.2 Å². The van der Waals surface area contributed by atoms with Crippen LogP contribution in [0.1, 0.15) is 34.1 Å². The van der Waals surface area contributed by atoms with E-state index < -0.39 is 17.7 Å². The highest BCUT2D eigenvalue weighted by Crippen LogP contribution is 2.17. The van der Waals surface area contributed by atoms with Gasteiger partial charge in [0.1, 0.15) is 5.60 Å². The normalized spacial score (nSPS) is 13.5. The number of aliphatic hydroxyl groups is 1. The van der Waals surface area contributed by atoms with Crippen LogP contribution in [0.3, 0.4) is 0 Å². The topological polar surface area (TPSA) is 55.8 Å². The lowest BCUT2D eigenvalue weighted by molar-refractivity contribution is -0.326. The first-order valence-corrected chi connectivity index (χ1v) is 4.48. The van der Waals surface area contributed by atoms with Crippen molar-refractivity contribution in [2.24, 2.45) is 0 Å². The van der Waals surface area contributed by atoms with Crippen LogP contribution in [0.2, 0.25) is 0 Å². The summed E-state index contributed by atoms with van der Waals surface area (Å²) < 4.78 is 0. The molecule has 14 heavy (non-hydrogen) atoms. The lowest BCUT2D eigenvalue weighted by Gasteiger charge is -2.23. The zero-order chi connectivity index (χ0) is 11.4. The molecule has 0 aliphatic rings. The Hall–Kier alpha value is -0.870. The molecule has 0 amide bonds. The highest BCUT2D eigenvalue weighted by molar-refractivity contribution is 5.86. The number of hydrogen-bond donors (Lipinski definition) is 1. The van der Waals surface area contributed by atoms with E-state index >= 15 is 0 Å². The highest BCUT2D eigenvalue weighted by Gasteiger charge is 2.24. The van der Waals surface area contributed by atoms with Crippen molar-refractivity contribution < 1.29 is 19.7 Å². The van der Waals surface area contributed by atoms with E-state index in [1.807, 2.05) is 0 Å². The Kier molecular flexibility index (Phi) is 4.80. The van der Waals surface area contributed by atoms with Gasteiger partial charge in [-0.15, -0.1) is 0 Å². The van der Waals surface area contributed by atoms with Crippen LogP contribution >= 0.6 is 0 Å². The van der Waals surface area contributed by atoms with Gasteiger partial charge < -0.3 is 5.11 Å². The first-order chi connectivity index (χ1) is 6.24. The lowest BCUT2D eigenvalue weighted by atomic mass is 10.0. The van der Waals surface area contributed by atoms with Crippen LogP contribution in [-0.2, 0) is 14.6 Å². The van der Waals surface area contributed by atoms with Gasteiger partial charge in [0.2, 0.25) is 0 Å². The maximum absolute atomic E-state index is 11.0. The third-order valence-electron chi connectivity index (χ3n) is 1.48. The molecule has 0 fully saturated rings. The quantitative estimate of drug-likeness (QED) is 0.418. The van der Waals surface area contributed by atoms with Gasteiger partial charge in [0.05, 0.1) is 6.10 Å². The first-order valence-electron chi connectivity index (χ1n) is 4.48. The standard InChI is InChI=1S/C10H18O4/c1-7(2)9(12)13-14-10(4,5)6-8(3)11/h8,11H,1,6H2,2-5H3. The Labute approximate surface area is 84.4 Å². The molecule has 1 atom stereocenters. The summed E-state index contributed by atoms with van der Waals surface area (Å²) in [6.07, 6.45) is -0.121. The van der Waals surface area contributed by atoms with Gasteiger partial charge in [-0.05, 0) is 27.7 Å². The molecule has 0 spiro atoms. The van der Waals surface area contributed by atoms with Crippen molar-refractivity contribution in [3.05, 3.63) is 12.2 Å². The number of carbonyl (C=O) groups is 1. The predicted molar refractivity (Wildman–Crippen MR) is 52.4 cm³/mol. The molecule has 4 nitrogen and oxygen atoms in total. The Morgan fingerprint density at radius 3 is 2.43 bits per heavy atom. The van der Waals surface area contributed by atoms with Gasteiger partial charge in [-0.25, -0.2) is 4.79 Å². The monoisotopic (exact) mass is 202 g/mol. The lowest BCUT2D eigenvalue weighted by Crippen LogP contribution is -2.30. The van der Waals surface area contributed by atoms with Crippen molar-refractivity contribution in [2.75, 3.05) is 0 Å². The fourth-order valence-electron chi connectivity index (χ4n) is 0.967. The molecule has 0 aromatic rings. The largest absolute Gasteiger partial charge is 0.393 e. The van der Waals surface area contributed by atoms with Gasteiger partial charge in [0, 0.05) is 12.0 Å². The Balaban J connectivity index is 3.98. The van der Waals surface area contributed by atoms with Crippen LogP contribution in [0.5, 0.6) is 0 Å². The molecule has 0 radical (unpaired) electrons. The molecule has 0 aliphatic heterocycles. The molecule has 0 bridgehead atoms. The number of carbonyl (C=O) groups excluding carboxylic acids is 1. The summed E-state index contributed by atoms with van der Waals surface area (Å²) in [4.78, 5) is 20.4. The van der Waals surface area contributed by atoms with Crippen LogP contribution < -0.4 is 0 Å².